The summed E-state index contributed by atoms with van der Waals surface area (Å²) in [7, 11) is 0. The maximum atomic E-state index is 12.6. The highest BCUT2D eigenvalue weighted by molar-refractivity contribution is 5.87. The second-order valence-corrected chi connectivity index (χ2v) is 4.22. The highest BCUT2D eigenvalue weighted by atomic mass is 19.4. The summed E-state index contributed by atoms with van der Waals surface area (Å²) in [4.78, 5) is 26.0. The maximum Gasteiger partial charge on any atom is 0.416 e. The van der Waals surface area contributed by atoms with Gasteiger partial charge in [0, 0.05) is 12.6 Å². The van der Waals surface area contributed by atoms with Crippen LogP contribution in [0.15, 0.2) is 29.1 Å². The minimum absolute atomic E-state index is 0.0793. The van der Waals surface area contributed by atoms with Crippen LogP contribution in [0.2, 0.25) is 0 Å². The number of amides is 1. The van der Waals surface area contributed by atoms with Gasteiger partial charge >= 0.3 is 11.7 Å². The molecule has 1 aromatic carbocycles. The Hall–Kier alpha value is -2.91. The lowest BCUT2D eigenvalue weighted by molar-refractivity contribution is -0.137. The Kier molecular flexibility index (Phi) is 4.11. The van der Waals surface area contributed by atoms with E-state index in [9.17, 15) is 22.8 Å². The molecule has 0 saturated carbocycles. The molecule has 0 unspecified atom stereocenters. The minimum atomic E-state index is -4.48. The third-order valence-electron chi connectivity index (χ3n) is 2.44. The molecule has 0 spiro atoms. The normalized spacial score (nSPS) is 11.1. The van der Waals surface area contributed by atoms with E-state index < -0.39 is 23.2 Å². The van der Waals surface area contributed by atoms with Crippen LogP contribution in [0.4, 0.5) is 30.6 Å². The molecule has 0 fully saturated rings. The van der Waals surface area contributed by atoms with Crippen LogP contribution in [-0.2, 0) is 11.0 Å². The Balaban J connectivity index is 2.28. The smallest absolute Gasteiger partial charge is 0.323 e. The van der Waals surface area contributed by atoms with Crippen molar-refractivity contribution in [1.82, 2.24) is 15.2 Å². The summed E-state index contributed by atoms with van der Waals surface area (Å²) in [6.07, 6.45) is -4.48. The van der Waals surface area contributed by atoms with Gasteiger partial charge in [0.2, 0.25) is 17.7 Å². The average molecular weight is 313 g/mol. The SMILES string of the molecule is CC(=O)Nc1nc(Nc2cccc(C(F)(F)F)c2)n[nH]c1=O. The highest BCUT2D eigenvalue weighted by Gasteiger charge is 2.30. The number of benzene rings is 1. The molecule has 0 aliphatic rings. The largest absolute Gasteiger partial charge is 0.416 e. The van der Waals surface area contributed by atoms with Gasteiger partial charge in [-0.05, 0) is 18.2 Å². The summed E-state index contributed by atoms with van der Waals surface area (Å²) in [5.74, 6) is -0.992. The van der Waals surface area contributed by atoms with E-state index in [1.165, 1.54) is 19.1 Å². The van der Waals surface area contributed by atoms with Gasteiger partial charge in [-0.15, -0.1) is 5.10 Å². The second kappa shape index (κ2) is 5.84. The molecule has 1 heterocycles. The predicted molar refractivity (Wildman–Crippen MR) is 71.7 cm³/mol. The molecule has 1 amide bonds. The zero-order valence-corrected chi connectivity index (χ0v) is 11.2. The third-order valence-corrected chi connectivity index (χ3v) is 2.44. The topological polar surface area (TPSA) is 99.8 Å². The Morgan fingerprint density at radius 1 is 1.32 bits per heavy atom. The van der Waals surface area contributed by atoms with Crippen molar-refractivity contribution in [2.24, 2.45) is 0 Å². The summed E-state index contributed by atoms with van der Waals surface area (Å²) in [5.41, 5.74) is -1.50. The number of nitrogens with one attached hydrogen (secondary N) is 3. The van der Waals surface area contributed by atoms with Gasteiger partial charge in [0.05, 0.1) is 5.56 Å². The van der Waals surface area contributed by atoms with Crippen molar-refractivity contribution in [3.8, 4) is 0 Å². The van der Waals surface area contributed by atoms with Crippen molar-refractivity contribution in [3.63, 3.8) is 0 Å². The fourth-order valence-electron chi connectivity index (χ4n) is 1.55. The van der Waals surface area contributed by atoms with Gasteiger partial charge in [0.15, 0.2) is 0 Å². The molecule has 0 atom stereocenters. The van der Waals surface area contributed by atoms with Crippen molar-refractivity contribution in [2.75, 3.05) is 10.6 Å². The molecule has 2 rings (SSSR count). The van der Waals surface area contributed by atoms with Crippen LogP contribution in [0.3, 0.4) is 0 Å². The van der Waals surface area contributed by atoms with E-state index in [2.05, 4.69) is 25.8 Å². The number of carbonyl (C=O) groups is 1. The lowest BCUT2D eigenvalue weighted by atomic mass is 10.2. The van der Waals surface area contributed by atoms with Crippen LogP contribution in [0.25, 0.3) is 0 Å². The molecule has 0 aliphatic heterocycles. The zero-order chi connectivity index (χ0) is 16.3. The van der Waals surface area contributed by atoms with E-state index in [4.69, 9.17) is 0 Å². The first kappa shape index (κ1) is 15.5. The van der Waals surface area contributed by atoms with Crippen molar-refractivity contribution < 1.29 is 18.0 Å². The number of carbonyl (C=O) groups excluding carboxylic acids is 1. The van der Waals surface area contributed by atoms with Gasteiger partial charge in [0.1, 0.15) is 0 Å². The van der Waals surface area contributed by atoms with Gasteiger partial charge in [-0.2, -0.15) is 18.2 Å². The Morgan fingerprint density at radius 3 is 2.68 bits per heavy atom. The maximum absolute atomic E-state index is 12.6. The van der Waals surface area contributed by atoms with Crippen molar-refractivity contribution in [1.29, 1.82) is 0 Å². The number of aromatic amines is 1. The van der Waals surface area contributed by atoms with Gasteiger partial charge in [-0.1, -0.05) is 6.07 Å². The number of rotatable bonds is 3. The fourth-order valence-corrected chi connectivity index (χ4v) is 1.55. The summed E-state index contributed by atoms with van der Waals surface area (Å²) >= 11 is 0. The van der Waals surface area contributed by atoms with E-state index in [0.717, 1.165) is 12.1 Å². The number of hydrogen-bond donors (Lipinski definition) is 3. The van der Waals surface area contributed by atoms with Crippen LogP contribution in [0, 0.1) is 0 Å². The van der Waals surface area contributed by atoms with E-state index in [0.29, 0.717) is 0 Å². The lowest BCUT2D eigenvalue weighted by Crippen LogP contribution is -2.21. The fraction of sp³-hybridized carbons (Fsp3) is 0.167. The summed E-state index contributed by atoms with van der Waals surface area (Å²) in [6.45, 7) is 1.18. The molecule has 0 bridgehead atoms. The van der Waals surface area contributed by atoms with Crippen LogP contribution in [0.5, 0.6) is 0 Å². The lowest BCUT2D eigenvalue weighted by Gasteiger charge is -2.10. The molecule has 2 aromatic rings. The van der Waals surface area contributed by atoms with Gasteiger partial charge in [-0.3, -0.25) is 9.59 Å². The molecule has 1 aromatic heterocycles. The summed E-state index contributed by atoms with van der Waals surface area (Å²) in [6, 6.07) is 4.38. The van der Waals surface area contributed by atoms with Gasteiger partial charge < -0.3 is 10.6 Å². The van der Waals surface area contributed by atoms with Crippen LogP contribution < -0.4 is 16.2 Å². The number of halogens is 3. The molecule has 0 saturated heterocycles. The molecular weight excluding hydrogens is 303 g/mol. The monoisotopic (exact) mass is 313 g/mol. The standard InChI is InChI=1S/C12H10F3N5O2/c1-6(21)16-9-10(22)19-20-11(18-9)17-8-4-2-3-7(5-8)12(13,14)15/h2-5H,1H3,(H,19,22)(H2,16,17,18,20,21). The molecule has 10 heteroatoms. The van der Waals surface area contributed by atoms with Crippen molar-refractivity contribution in [2.45, 2.75) is 13.1 Å². The quantitative estimate of drug-likeness (QED) is 0.803. The molecule has 116 valence electrons. The van der Waals surface area contributed by atoms with E-state index in [1.54, 1.807) is 0 Å². The second-order valence-electron chi connectivity index (χ2n) is 4.22. The number of anilines is 3. The number of alkyl halides is 3. The minimum Gasteiger partial charge on any atom is -0.323 e. The predicted octanol–water partition coefficient (Wildman–Crippen LogP) is 1.89. The van der Waals surface area contributed by atoms with Crippen molar-refractivity contribution in [3.05, 3.63) is 40.2 Å². The zero-order valence-electron chi connectivity index (χ0n) is 11.2. The third kappa shape index (κ3) is 3.81. The molecule has 0 radical (unpaired) electrons. The van der Waals surface area contributed by atoms with E-state index in [-0.39, 0.29) is 17.5 Å². The molecule has 22 heavy (non-hydrogen) atoms. The van der Waals surface area contributed by atoms with E-state index >= 15 is 0 Å². The molecule has 7 nitrogen and oxygen atoms in total. The van der Waals surface area contributed by atoms with Crippen LogP contribution >= 0.6 is 0 Å². The Morgan fingerprint density at radius 2 is 2.05 bits per heavy atom. The average Bonchev–Trinajstić information content (AvgIpc) is 2.41. The van der Waals surface area contributed by atoms with E-state index in [1.807, 2.05) is 0 Å². The van der Waals surface area contributed by atoms with Crippen molar-refractivity contribution >= 4 is 23.4 Å². The first-order chi connectivity index (χ1) is 10.3. The molecule has 0 aliphatic carbocycles. The van der Waals surface area contributed by atoms with Crippen LogP contribution in [0.1, 0.15) is 12.5 Å². The van der Waals surface area contributed by atoms with Gasteiger partial charge in [-0.25, -0.2) is 5.10 Å². The first-order valence-electron chi connectivity index (χ1n) is 5.94. The number of hydrogen-bond acceptors (Lipinski definition) is 5. The Bertz CT molecular complexity index is 757. The summed E-state index contributed by atoms with van der Waals surface area (Å²) < 4.78 is 37.8. The number of nitrogens with zero attached hydrogens (tertiary/aromatic N) is 2. The Labute approximate surface area is 121 Å². The van der Waals surface area contributed by atoms with Gasteiger partial charge in [0.25, 0.3) is 0 Å². The molecular formula is C12H10F3N5O2. The highest BCUT2D eigenvalue weighted by Crippen LogP contribution is 2.31. The molecule has 3 N–H and O–H groups in total. The number of aromatic nitrogens is 3. The summed E-state index contributed by atoms with van der Waals surface area (Å²) in [5, 5.41) is 10.3. The first-order valence-corrected chi connectivity index (χ1v) is 5.94. The van der Waals surface area contributed by atoms with Crippen LogP contribution in [-0.4, -0.2) is 21.1 Å². The number of H-pyrrole nitrogens is 1.